The Morgan fingerprint density at radius 2 is 2.00 bits per heavy atom. The summed E-state index contributed by atoms with van der Waals surface area (Å²) >= 11 is 0. The maximum atomic E-state index is 11.2. The monoisotopic (exact) mass is 273 g/mol. The Hall–Kier alpha value is -0.880. The lowest BCUT2D eigenvalue weighted by Crippen LogP contribution is -2.17. The molecule has 1 aromatic heterocycles. The fourth-order valence-electron chi connectivity index (χ4n) is 1.96. The second kappa shape index (κ2) is 6.33. The van der Waals surface area contributed by atoms with Crippen LogP contribution in [-0.2, 0) is 22.8 Å². The molecular weight excluding hydrogens is 250 g/mol. The molecule has 1 N–H and O–H groups in total. The van der Waals surface area contributed by atoms with Crippen LogP contribution >= 0.6 is 0 Å². The molecule has 0 aromatic carbocycles. The minimum Gasteiger partial charge on any atom is -0.317 e. The average Bonchev–Trinajstić information content (AvgIpc) is 2.53. The van der Waals surface area contributed by atoms with Gasteiger partial charge in [-0.1, -0.05) is 6.92 Å². The maximum Gasteiger partial charge on any atom is 0.149 e. The SMILES string of the molecule is CCNCCc1c(C)nn(CCS(C)(=O)=O)c1C. The summed E-state index contributed by atoms with van der Waals surface area (Å²) in [6, 6.07) is 0. The number of nitrogens with one attached hydrogen (secondary N) is 1. The van der Waals surface area contributed by atoms with E-state index in [1.807, 2.05) is 13.8 Å². The van der Waals surface area contributed by atoms with Crippen molar-refractivity contribution in [3.8, 4) is 0 Å². The second-order valence-electron chi connectivity index (χ2n) is 4.61. The van der Waals surface area contributed by atoms with Crippen molar-refractivity contribution >= 4 is 9.84 Å². The molecule has 0 unspecified atom stereocenters. The summed E-state index contributed by atoms with van der Waals surface area (Å²) in [5, 5.41) is 7.70. The molecule has 0 fully saturated rings. The Kier molecular flexibility index (Phi) is 5.34. The minimum absolute atomic E-state index is 0.140. The van der Waals surface area contributed by atoms with Gasteiger partial charge in [-0.15, -0.1) is 0 Å². The van der Waals surface area contributed by atoms with E-state index < -0.39 is 9.84 Å². The summed E-state index contributed by atoms with van der Waals surface area (Å²) in [6.45, 7) is 8.38. The van der Waals surface area contributed by atoms with Gasteiger partial charge in [-0.05, 0) is 38.9 Å². The summed E-state index contributed by atoms with van der Waals surface area (Å²) in [5.74, 6) is 0.140. The molecule has 0 radical (unpaired) electrons. The van der Waals surface area contributed by atoms with Crippen LogP contribution in [0.1, 0.15) is 23.9 Å². The largest absolute Gasteiger partial charge is 0.317 e. The van der Waals surface area contributed by atoms with Gasteiger partial charge in [0.2, 0.25) is 0 Å². The van der Waals surface area contributed by atoms with Crippen molar-refractivity contribution in [2.75, 3.05) is 25.1 Å². The Morgan fingerprint density at radius 3 is 2.56 bits per heavy atom. The van der Waals surface area contributed by atoms with Gasteiger partial charge in [0.25, 0.3) is 0 Å². The molecule has 0 spiro atoms. The number of hydrogen-bond acceptors (Lipinski definition) is 4. The van der Waals surface area contributed by atoms with Crippen LogP contribution in [0.2, 0.25) is 0 Å². The first kappa shape index (κ1) is 15.2. The average molecular weight is 273 g/mol. The van der Waals surface area contributed by atoms with E-state index in [0.717, 1.165) is 30.9 Å². The van der Waals surface area contributed by atoms with E-state index in [2.05, 4.69) is 17.3 Å². The van der Waals surface area contributed by atoms with Crippen LogP contribution in [0, 0.1) is 13.8 Å². The zero-order valence-corrected chi connectivity index (χ0v) is 12.5. The highest BCUT2D eigenvalue weighted by molar-refractivity contribution is 7.90. The predicted octanol–water partition coefficient (Wildman–Crippen LogP) is 0.697. The molecule has 0 bridgehead atoms. The lowest BCUT2D eigenvalue weighted by atomic mass is 10.1. The molecule has 0 atom stereocenters. The number of aromatic nitrogens is 2. The van der Waals surface area contributed by atoms with E-state index in [1.165, 1.54) is 11.8 Å². The van der Waals surface area contributed by atoms with Gasteiger partial charge in [0.05, 0.1) is 18.0 Å². The molecule has 0 amide bonds. The van der Waals surface area contributed by atoms with Crippen molar-refractivity contribution in [2.24, 2.45) is 0 Å². The van der Waals surface area contributed by atoms with Gasteiger partial charge in [0, 0.05) is 11.9 Å². The third-order valence-electron chi connectivity index (χ3n) is 3.01. The number of aryl methyl sites for hydroxylation is 2. The smallest absolute Gasteiger partial charge is 0.149 e. The van der Waals surface area contributed by atoms with Crippen LogP contribution in [0.3, 0.4) is 0 Å². The molecule has 5 nitrogen and oxygen atoms in total. The van der Waals surface area contributed by atoms with E-state index in [1.54, 1.807) is 4.68 Å². The number of likely N-dealkylation sites (N-methyl/N-ethyl adjacent to an activating group) is 1. The minimum atomic E-state index is -2.94. The molecule has 1 rings (SSSR count). The van der Waals surface area contributed by atoms with E-state index in [4.69, 9.17) is 0 Å². The quantitative estimate of drug-likeness (QED) is 0.743. The lowest BCUT2D eigenvalue weighted by molar-refractivity contribution is 0.581. The standard InChI is InChI=1S/C12H23N3O2S/c1-5-13-7-6-12-10(2)14-15(11(12)3)8-9-18(4,16)17/h13H,5-9H2,1-4H3. The normalized spacial score (nSPS) is 12.0. The maximum absolute atomic E-state index is 11.2. The highest BCUT2D eigenvalue weighted by Crippen LogP contribution is 2.13. The van der Waals surface area contributed by atoms with Crippen LogP contribution in [0.5, 0.6) is 0 Å². The molecule has 1 heterocycles. The first-order chi connectivity index (χ1) is 8.35. The van der Waals surface area contributed by atoms with Gasteiger partial charge in [-0.3, -0.25) is 4.68 Å². The van der Waals surface area contributed by atoms with E-state index in [0.29, 0.717) is 6.54 Å². The van der Waals surface area contributed by atoms with Crippen LogP contribution < -0.4 is 5.32 Å². The zero-order valence-electron chi connectivity index (χ0n) is 11.7. The summed E-state index contributed by atoms with van der Waals surface area (Å²) < 4.78 is 24.1. The third-order valence-corrected chi connectivity index (χ3v) is 3.93. The highest BCUT2D eigenvalue weighted by Gasteiger charge is 2.12. The lowest BCUT2D eigenvalue weighted by Gasteiger charge is -2.05. The van der Waals surface area contributed by atoms with Gasteiger partial charge in [-0.2, -0.15) is 5.10 Å². The molecular formula is C12H23N3O2S. The van der Waals surface area contributed by atoms with Gasteiger partial charge in [0.15, 0.2) is 0 Å². The third kappa shape index (κ3) is 4.42. The Balaban J connectivity index is 2.74. The fraction of sp³-hybridized carbons (Fsp3) is 0.750. The highest BCUT2D eigenvalue weighted by atomic mass is 32.2. The molecule has 0 saturated carbocycles. The van der Waals surface area contributed by atoms with Gasteiger partial charge < -0.3 is 5.32 Å². The van der Waals surface area contributed by atoms with Crippen molar-refractivity contribution in [1.29, 1.82) is 0 Å². The molecule has 0 aliphatic carbocycles. The summed E-state index contributed by atoms with van der Waals surface area (Å²) in [5.41, 5.74) is 3.30. The van der Waals surface area contributed by atoms with Gasteiger partial charge in [-0.25, -0.2) is 8.42 Å². The summed E-state index contributed by atoms with van der Waals surface area (Å²) in [6.07, 6.45) is 2.19. The Bertz CT molecular complexity index is 492. The topological polar surface area (TPSA) is 64.0 Å². The Labute approximate surface area is 109 Å². The fourth-order valence-corrected chi connectivity index (χ4v) is 2.46. The number of hydrogen-bond donors (Lipinski definition) is 1. The number of sulfone groups is 1. The van der Waals surface area contributed by atoms with Crippen molar-refractivity contribution in [1.82, 2.24) is 15.1 Å². The molecule has 0 saturated heterocycles. The predicted molar refractivity (Wildman–Crippen MR) is 73.7 cm³/mol. The van der Waals surface area contributed by atoms with E-state index in [9.17, 15) is 8.42 Å². The Morgan fingerprint density at radius 1 is 1.33 bits per heavy atom. The van der Waals surface area contributed by atoms with Crippen molar-refractivity contribution in [2.45, 2.75) is 33.7 Å². The van der Waals surface area contributed by atoms with E-state index >= 15 is 0 Å². The summed E-state index contributed by atoms with van der Waals surface area (Å²) in [4.78, 5) is 0. The van der Waals surface area contributed by atoms with Gasteiger partial charge in [0.1, 0.15) is 9.84 Å². The number of nitrogens with zero attached hydrogens (tertiary/aromatic N) is 2. The van der Waals surface area contributed by atoms with Crippen LogP contribution in [0.4, 0.5) is 0 Å². The summed E-state index contributed by atoms with van der Waals surface area (Å²) in [7, 11) is -2.94. The molecule has 1 aromatic rings. The molecule has 6 heteroatoms. The van der Waals surface area contributed by atoms with E-state index in [-0.39, 0.29) is 5.75 Å². The second-order valence-corrected chi connectivity index (χ2v) is 6.87. The van der Waals surface area contributed by atoms with Gasteiger partial charge >= 0.3 is 0 Å². The molecule has 0 aliphatic rings. The molecule has 104 valence electrons. The first-order valence-electron chi connectivity index (χ1n) is 6.26. The van der Waals surface area contributed by atoms with Crippen molar-refractivity contribution < 1.29 is 8.42 Å². The zero-order chi connectivity index (χ0) is 13.8. The van der Waals surface area contributed by atoms with Crippen LogP contribution in [-0.4, -0.2) is 43.3 Å². The van der Waals surface area contributed by atoms with Crippen LogP contribution in [0.25, 0.3) is 0 Å². The molecule has 18 heavy (non-hydrogen) atoms. The molecule has 0 aliphatic heterocycles. The van der Waals surface area contributed by atoms with Crippen molar-refractivity contribution in [3.05, 3.63) is 17.0 Å². The number of rotatable bonds is 7. The van der Waals surface area contributed by atoms with Crippen molar-refractivity contribution in [3.63, 3.8) is 0 Å². The van der Waals surface area contributed by atoms with Crippen LogP contribution in [0.15, 0.2) is 0 Å². The first-order valence-corrected chi connectivity index (χ1v) is 8.32.